The molecule has 0 fully saturated rings. The van der Waals surface area contributed by atoms with Crippen LogP contribution in [0.5, 0.6) is 0 Å². The van der Waals surface area contributed by atoms with E-state index in [1.54, 1.807) is 12.4 Å². The normalized spacial score (nSPS) is 12.4. The van der Waals surface area contributed by atoms with Crippen molar-refractivity contribution in [3.05, 3.63) is 59.7 Å². The van der Waals surface area contributed by atoms with Crippen molar-refractivity contribution >= 4 is 58.3 Å². The Hall–Kier alpha value is -4.27. The number of fused-ring (bicyclic) bond motifs is 1. The van der Waals surface area contributed by atoms with Gasteiger partial charge in [-0.05, 0) is 82.0 Å². The van der Waals surface area contributed by atoms with Crippen molar-refractivity contribution < 1.29 is 14.3 Å². The molecule has 0 unspecified atom stereocenters. The van der Waals surface area contributed by atoms with Gasteiger partial charge in [0.05, 0.1) is 6.20 Å². The highest BCUT2D eigenvalue weighted by Gasteiger charge is 2.27. The van der Waals surface area contributed by atoms with Crippen LogP contribution in [0.1, 0.15) is 63.3 Å². The van der Waals surface area contributed by atoms with E-state index in [0.29, 0.717) is 29.6 Å². The quantitative estimate of drug-likeness (QED) is 0.0531. The number of carbonyl (C=O) groups excluding carboxylic acids is 1. The Morgan fingerprint density at radius 2 is 1.73 bits per heavy atom. The van der Waals surface area contributed by atoms with Crippen LogP contribution < -0.4 is 9.80 Å². The van der Waals surface area contributed by atoms with Crippen LogP contribution in [0.15, 0.2) is 42.7 Å². The summed E-state index contributed by atoms with van der Waals surface area (Å²) in [5, 5.41) is 14.7. The van der Waals surface area contributed by atoms with E-state index in [0.717, 1.165) is 44.9 Å². The van der Waals surface area contributed by atoms with Crippen LogP contribution in [-0.2, 0) is 16.0 Å². The molecular weight excluding hydrogens is 679 g/mol. The first-order chi connectivity index (χ1) is 23.8. The number of carbonyl (C=O) groups is 1. The molecule has 0 aliphatic heterocycles. The van der Waals surface area contributed by atoms with Crippen LogP contribution in [0.4, 0.5) is 22.6 Å². The van der Waals surface area contributed by atoms with Gasteiger partial charge in [-0.15, -0.1) is 10.2 Å². The zero-order chi connectivity index (χ0) is 37.3. The zero-order valence-electron chi connectivity index (χ0n) is 32.0. The summed E-state index contributed by atoms with van der Waals surface area (Å²) in [5.74, 6) is 1.21. The van der Waals surface area contributed by atoms with Crippen molar-refractivity contribution in [1.29, 1.82) is 0 Å². The summed E-state index contributed by atoms with van der Waals surface area (Å²) in [6, 6.07) is 10.6. The smallest absolute Gasteiger partial charge is 0.358 e. The predicted molar refractivity (Wildman–Crippen MR) is 208 cm³/mol. The molecule has 5 aromatic heterocycles. The maximum atomic E-state index is 13.7. The van der Waals surface area contributed by atoms with Gasteiger partial charge in [-0.1, -0.05) is 51.7 Å². The average molecular weight is 730 g/mol. The number of aromatic nitrogens is 7. The highest BCUT2D eigenvalue weighted by molar-refractivity contribution is 7.21. The van der Waals surface area contributed by atoms with Gasteiger partial charge in [0.2, 0.25) is 0 Å². The Balaban J connectivity index is 1.48. The molecule has 0 radical (unpaired) electrons. The van der Waals surface area contributed by atoms with E-state index in [9.17, 15) is 4.79 Å². The minimum Gasteiger partial charge on any atom is -0.455 e. The molecule has 0 N–H and O–H groups in total. The van der Waals surface area contributed by atoms with Crippen LogP contribution in [0.3, 0.4) is 0 Å². The molecule has 0 aromatic carbocycles. The van der Waals surface area contributed by atoms with Gasteiger partial charge in [0.15, 0.2) is 22.5 Å². The van der Waals surface area contributed by atoms with E-state index < -0.39 is 19.6 Å². The fourth-order valence-corrected chi connectivity index (χ4v) is 6.94. The predicted octanol–water partition coefficient (Wildman–Crippen LogP) is 8.58. The van der Waals surface area contributed by atoms with E-state index in [2.05, 4.69) is 55.6 Å². The molecule has 0 aliphatic carbocycles. The number of nitrogens with zero attached hydrogens (tertiary/aromatic N) is 9. The molecule has 0 spiro atoms. The SMILES string of the molecule is Cc1cc(N(C)c2ccc(-c3cnn(CC(C)(C)C)c3C)c(C(=O)OC(C)(C)C)n2)nnc1N(COCC[Si](C)(C)C)c1nc2cccnc2s1. The summed E-state index contributed by atoms with van der Waals surface area (Å²) in [4.78, 5) is 32.5. The first-order valence-electron chi connectivity index (χ1n) is 17.2. The topological polar surface area (TPSA) is 124 Å². The summed E-state index contributed by atoms with van der Waals surface area (Å²) in [6.45, 7) is 24.7. The summed E-state index contributed by atoms with van der Waals surface area (Å²) >= 11 is 1.49. The maximum absolute atomic E-state index is 13.7. The molecule has 0 saturated heterocycles. The molecule has 0 aliphatic rings. The number of rotatable bonds is 12. The third-order valence-electron chi connectivity index (χ3n) is 7.98. The molecule has 5 rings (SSSR count). The number of thiazole rings is 1. The second-order valence-electron chi connectivity index (χ2n) is 16.3. The van der Waals surface area contributed by atoms with E-state index in [-0.39, 0.29) is 17.8 Å². The standard InChI is InChI=1S/C37H51N9O3SSi/c1-24-20-30(42-43-32(24)45(23-48-18-19-51(10,11)12)35-40-28-14-13-17-38-33(28)50-35)44(9)29-16-15-26(31(41-29)34(47)49-37(6,7)8)27-21-39-46(25(27)2)22-36(3,4)5/h13-17,20-21H,18-19,22-23H2,1-12H3. The van der Waals surface area contributed by atoms with Gasteiger partial charge in [0.1, 0.15) is 28.5 Å². The number of pyridine rings is 2. The number of ether oxygens (including phenoxy) is 2. The van der Waals surface area contributed by atoms with Crippen molar-refractivity contribution in [3.8, 4) is 11.1 Å². The molecular formula is C37H51N9O3SSi. The maximum Gasteiger partial charge on any atom is 0.358 e. The molecule has 0 bridgehead atoms. The lowest BCUT2D eigenvalue weighted by Crippen LogP contribution is -2.27. The Labute approximate surface area is 306 Å². The molecule has 5 aromatic rings. The number of hydrogen-bond donors (Lipinski definition) is 0. The molecule has 51 heavy (non-hydrogen) atoms. The summed E-state index contributed by atoms with van der Waals surface area (Å²) in [6.07, 6.45) is 3.57. The van der Waals surface area contributed by atoms with Crippen LogP contribution in [0.2, 0.25) is 25.7 Å². The molecule has 0 saturated carbocycles. The number of anilines is 4. The minimum absolute atomic E-state index is 0.0326. The van der Waals surface area contributed by atoms with E-state index in [1.807, 2.05) is 86.5 Å². The Morgan fingerprint density at radius 1 is 0.980 bits per heavy atom. The van der Waals surface area contributed by atoms with Gasteiger partial charge in [0, 0.05) is 51.3 Å². The van der Waals surface area contributed by atoms with Crippen molar-refractivity contribution in [2.45, 2.75) is 93.2 Å². The Bertz CT molecular complexity index is 1970. The van der Waals surface area contributed by atoms with Crippen LogP contribution >= 0.6 is 11.3 Å². The second kappa shape index (κ2) is 14.8. The van der Waals surface area contributed by atoms with Gasteiger partial charge in [-0.2, -0.15) is 5.10 Å². The molecule has 0 atom stereocenters. The summed E-state index contributed by atoms with van der Waals surface area (Å²) < 4.78 is 14.0. The fourth-order valence-electron chi connectivity index (χ4n) is 5.28. The second-order valence-corrected chi connectivity index (χ2v) is 22.9. The molecule has 5 heterocycles. The van der Waals surface area contributed by atoms with Crippen molar-refractivity contribution in [2.24, 2.45) is 5.41 Å². The first kappa shape index (κ1) is 38.0. The van der Waals surface area contributed by atoms with Gasteiger partial charge in [0.25, 0.3) is 0 Å². The third-order valence-corrected chi connectivity index (χ3v) is 10.7. The monoisotopic (exact) mass is 729 g/mol. The van der Waals surface area contributed by atoms with Gasteiger partial charge in [-0.25, -0.2) is 19.7 Å². The number of aryl methyl sites for hydroxylation is 1. The van der Waals surface area contributed by atoms with Crippen LogP contribution in [0, 0.1) is 19.3 Å². The van der Waals surface area contributed by atoms with Crippen molar-refractivity contribution in [3.63, 3.8) is 0 Å². The lowest BCUT2D eigenvalue weighted by molar-refractivity contribution is 0.00639. The van der Waals surface area contributed by atoms with Crippen molar-refractivity contribution in [2.75, 3.05) is 30.2 Å². The lowest BCUT2D eigenvalue weighted by atomic mass is 9.97. The molecule has 14 heteroatoms. The van der Waals surface area contributed by atoms with Crippen molar-refractivity contribution in [1.82, 2.24) is 34.9 Å². The fraction of sp³-hybridized carbons (Fsp3) is 0.486. The van der Waals surface area contributed by atoms with E-state index in [4.69, 9.17) is 24.5 Å². The van der Waals surface area contributed by atoms with Crippen LogP contribution in [0.25, 0.3) is 21.5 Å². The van der Waals surface area contributed by atoms with E-state index >= 15 is 0 Å². The highest BCUT2D eigenvalue weighted by atomic mass is 32.1. The highest BCUT2D eigenvalue weighted by Crippen LogP contribution is 2.35. The van der Waals surface area contributed by atoms with Crippen LogP contribution in [-0.4, -0.2) is 75.0 Å². The van der Waals surface area contributed by atoms with Gasteiger partial charge >= 0.3 is 5.97 Å². The molecule has 272 valence electrons. The molecule has 12 nitrogen and oxygen atoms in total. The Kier molecular flexibility index (Phi) is 11.0. The minimum atomic E-state index is -1.27. The average Bonchev–Trinajstić information content (AvgIpc) is 3.61. The first-order valence-corrected chi connectivity index (χ1v) is 21.7. The largest absolute Gasteiger partial charge is 0.455 e. The summed E-state index contributed by atoms with van der Waals surface area (Å²) in [5.41, 5.74) is 3.67. The van der Waals surface area contributed by atoms with Gasteiger partial charge in [-0.3, -0.25) is 9.58 Å². The third kappa shape index (κ3) is 9.54. The number of esters is 1. The van der Waals surface area contributed by atoms with Gasteiger partial charge < -0.3 is 14.4 Å². The molecule has 0 amide bonds. The number of hydrogen-bond acceptors (Lipinski definition) is 12. The zero-order valence-corrected chi connectivity index (χ0v) is 33.8. The Morgan fingerprint density at radius 3 is 2.37 bits per heavy atom. The van der Waals surface area contributed by atoms with E-state index in [1.165, 1.54) is 11.3 Å². The summed E-state index contributed by atoms with van der Waals surface area (Å²) in [7, 11) is 0.581. The lowest BCUT2D eigenvalue weighted by Gasteiger charge is -2.25.